The van der Waals surface area contributed by atoms with Crippen LogP contribution in [0.25, 0.3) is 5.69 Å². The first-order chi connectivity index (χ1) is 17.7. The molecule has 0 radical (unpaired) electrons. The molecule has 1 unspecified atom stereocenters. The highest BCUT2D eigenvalue weighted by atomic mass is 35.5. The van der Waals surface area contributed by atoms with E-state index in [0.717, 1.165) is 29.3 Å². The van der Waals surface area contributed by atoms with Crippen molar-refractivity contribution in [1.29, 1.82) is 0 Å². The average Bonchev–Trinajstić information content (AvgIpc) is 3.27. The number of aromatic nitrogens is 5. The number of hydrogen-bond acceptors (Lipinski definition) is 7. The largest absolute Gasteiger partial charge is 0.450 e. The molecule has 0 spiro atoms. The van der Waals surface area contributed by atoms with E-state index >= 15 is 0 Å². The van der Waals surface area contributed by atoms with Crippen LogP contribution in [0.5, 0.6) is 0 Å². The molecule has 9 nitrogen and oxygen atoms in total. The Kier molecular flexibility index (Phi) is 6.69. The van der Waals surface area contributed by atoms with Gasteiger partial charge in [0.2, 0.25) is 5.95 Å². The quantitative estimate of drug-likeness (QED) is 0.458. The average molecular weight is 536 g/mol. The number of alkyl halides is 3. The van der Waals surface area contributed by atoms with Crippen molar-refractivity contribution in [3.8, 4) is 5.69 Å². The van der Waals surface area contributed by atoms with E-state index in [2.05, 4.69) is 20.2 Å². The molecular weight excluding hydrogens is 511 g/mol. The van der Waals surface area contributed by atoms with E-state index in [9.17, 15) is 18.0 Å². The maximum absolute atomic E-state index is 13.1. The second-order valence-corrected chi connectivity index (χ2v) is 9.47. The summed E-state index contributed by atoms with van der Waals surface area (Å²) < 4.78 is 46.6. The highest BCUT2D eigenvalue weighted by Crippen LogP contribution is 2.37. The molecule has 1 fully saturated rings. The molecule has 13 heteroatoms. The zero-order valence-corrected chi connectivity index (χ0v) is 21.0. The molecule has 1 atom stereocenters. The summed E-state index contributed by atoms with van der Waals surface area (Å²) in [6, 6.07) is 5.95. The highest BCUT2D eigenvalue weighted by molar-refractivity contribution is 6.30. The van der Waals surface area contributed by atoms with Crippen LogP contribution >= 0.6 is 11.6 Å². The van der Waals surface area contributed by atoms with Crippen molar-refractivity contribution in [3.63, 3.8) is 0 Å². The molecular formula is C24H25ClF3N7O2. The Morgan fingerprint density at radius 1 is 1.16 bits per heavy atom. The lowest BCUT2D eigenvalue weighted by Gasteiger charge is -2.32. The fourth-order valence-electron chi connectivity index (χ4n) is 4.87. The molecule has 2 aliphatic heterocycles. The molecule has 0 N–H and O–H groups in total. The van der Waals surface area contributed by atoms with Gasteiger partial charge in [0.25, 0.3) is 0 Å². The van der Waals surface area contributed by atoms with Gasteiger partial charge in [-0.2, -0.15) is 13.2 Å². The van der Waals surface area contributed by atoms with Gasteiger partial charge in [-0.25, -0.2) is 14.8 Å². The number of halogens is 4. The highest BCUT2D eigenvalue weighted by Gasteiger charge is 2.37. The zero-order chi connectivity index (χ0) is 26.3. The number of fused-ring (bicyclic) bond motifs is 3. The molecule has 1 aromatic carbocycles. The van der Waals surface area contributed by atoms with Crippen LogP contribution in [0.4, 0.5) is 23.9 Å². The summed E-state index contributed by atoms with van der Waals surface area (Å²) >= 11 is 6.29. The molecule has 2 aromatic heterocycles. The molecule has 0 saturated carbocycles. The topological polar surface area (TPSA) is 89.3 Å². The van der Waals surface area contributed by atoms with Crippen LogP contribution in [0, 0.1) is 0 Å². The number of carbonyl (C=O) groups is 1. The predicted molar refractivity (Wildman–Crippen MR) is 129 cm³/mol. The molecule has 5 rings (SSSR count). The normalized spacial score (nSPS) is 18.3. The molecule has 1 saturated heterocycles. The van der Waals surface area contributed by atoms with Crippen LogP contribution < -0.4 is 4.90 Å². The molecule has 37 heavy (non-hydrogen) atoms. The van der Waals surface area contributed by atoms with Crippen molar-refractivity contribution in [1.82, 2.24) is 29.6 Å². The van der Waals surface area contributed by atoms with E-state index in [1.807, 2.05) is 23.6 Å². The minimum atomic E-state index is -4.53. The van der Waals surface area contributed by atoms with Crippen molar-refractivity contribution in [2.45, 2.75) is 51.4 Å². The number of nitrogens with zero attached hydrogens (tertiary/aromatic N) is 7. The summed E-state index contributed by atoms with van der Waals surface area (Å²) in [5, 5.41) is 9.54. The molecule has 3 aromatic rings. The Bertz CT molecular complexity index is 1310. The van der Waals surface area contributed by atoms with Gasteiger partial charge in [0, 0.05) is 30.2 Å². The lowest BCUT2D eigenvalue weighted by atomic mass is 9.95. The van der Waals surface area contributed by atoms with Crippen LogP contribution in [0.15, 0.2) is 30.5 Å². The molecule has 1 amide bonds. The van der Waals surface area contributed by atoms with Gasteiger partial charge in [0.15, 0.2) is 5.82 Å². The number of carbonyl (C=O) groups excluding carboxylic acids is 1. The van der Waals surface area contributed by atoms with Gasteiger partial charge in [-0.1, -0.05) is 11.6 Å². The summed E-state index contributed by atoms with van der Waals surface area (Å²) in [6.45, 7) is 5.10. The van der Waals surface area contributed by atoms with Gasteiger partial charge in [-0.05, 0) is 56.5 Å². The minimum Gasteiger partial charge on any atom is -0.450 e. The van der Waals surface area contributed by atoms with Crippen molar-refractivity contribution >= 4 is 23.6 Å². The SMILES string of the molecule is CCOC(=O)N1Cc2cc(Cl)ccc2-n2c(C3CCN(c4nccc(C(F)(F)F)n4)CC3)nnc2C1C. The lowest BCUT2D eigenvalue weighted by molar-refractivity contribution is -0.141. The fourth-order valence-corrected chi connectivity index (χ4v) is 5.07. The Labute approximate surface area is 216 Å². The van der Waals surface area contributed by atoms with Crippen molar-refractivity contribution in [2.75, 3.05) is 24.6 Å². The Morgan fingerprint density at radius 2 is 1.89 bits per heavy atom. The van der Waals surface area contributed by atoms with Crippen LogP contribution in [0.2, 0.25) is 5.02 Å². The molecule has 0 bridgehead atoms. The number of amides is 1. The summed E-state index contributed by atoms with van der Waals surface area (Å²) in [7, 11) is 0. The minimum absolute atomic E-state index is 0.00632. The van der Waals surface area contributed by atoms with Crippen LogP contribution in [-0.4, -0.2) is 55.4 Å². The van der Waals surface area contributed by atoms with E-state index in [-0.39, 0.29) is 18.5 Å². The number of piperidine rings is 1. The zero-order valence-electron chi connectivity index (χ0n) is 20.2. The van der Waals surface area contributed by atoms with Gasteiger partial charge in [0.1, 0.15) is 11.5 Å². The smallest absolute Gasteiger partial charge is 0.433 e. The first kappa shape index (κ1) is 25.2. The number of benzene rings is 1. The van der Waals surface area contributed by atoms with E-state index < -0.39 is 24.0 Å². The summed E-state index contributed by atoms with van der Waals surface area (Å²) in [5.74, 6) is 1.40. The van der Waals surface area contributed by atoms with E-state index in [4.69, 9.17) is 16.3 Å². The van der Waals surface area contributed by atoms with Crippen LogP contribution in [0.3, 0.4) is 0 Å². The van der Waals surface area contributed by atoms with Crippen molar-refractivity contribution < 1.29 is 22.7 Å². The van der Waals surface area contributed by atoms with Gasteiger partial charge in [-0.3, -0.25) is 9.47 Å². The van der Waals surface area contributed by atoms with E-state index in [0.29, 0.717) is 43.3 Å². The van der Waals surface area contributed by atoms with Crippen molar-refractivity contribution in [3.05, 3.63) is 58.4 Å². The molecule has 2 aliphatic rings. The van der Waals surface area contributed by atoms with Gasteiger partial charge in [-0.15, -0.1) is 10.2 Å². The first-order valence-corrected chi connectivity index (χ1v) is 12.4. The molecule has 4 heterocycles. The third kappa shape index (κ3) is 4.81. The molecule has 0 aliphatic carbocycles. The third-order valence-corrected chi connectivity index (χ3v) is 6.99. The van der Waals surface area contributed by atoms with Gasteiger partial charge >= 0.3 is 12.3 Å². The number of rotatable bonds is 3. The second-order valence-electron chi connectivity index (χ2n) is 9.03. The summed E-state index contributed by atoms with van der Waals surface area (Å²) in [5.41, 5.74) is 0.710. The Morgan fingerprint density at radius 3 is 2.59 bits per heavy atom. The maximum atomic E-state index is 13.1. The van der Waals surface area contributed by atoms with E-state index in [1.165, 1.54) is 0 Å². The van der Waals surface area contributed by atoms with Gasteiger partial charge < -0.3 is 9.64 Å². The second kappa shape index (κ2) is 9.81. The Hall–Kier alpha value is -3.41. The third-order valence-electron chi connectivity index (χ3n) is 6.76. The number of hydrogen-bond donors (Lipinski definition) is 0. The standard InChI is InChI=1S/C24H25ClF3N7O2/c1-3-37-23(36)34-13-16-12-17(25)4-5-18(16)35-20(14(34)2)31-32-21(35)15-7-10-33(11-8-15)22-29-9-6-19(30-22)24(26,27)28/h4-6,9,12,14-15H,3,7-8,10-11,13H2,1-2H3. The Balaban J connectivity index is 1.44. The summed E-state index contributed by atoms with van der Waals surface area (Å²) in [4.78, 5) is 23.9. The van der Waals surface area contributed by atoms with Crippen LogP contribution in [0.1, 0.15) is 61.6 Å². The predicted octanol–water partition coefficient (Wildman–Crippen LogP) is 5.15. The monoisotopic (exact) mass is 535 g/mol. The number of anilines is 1. The maximum Gasteiger partial charge on any atom is 0.433 e. The van der Waals surface area contributed by atoms with Crippen LogP contribution in [-0.2, 0) is 17.5 Å². The van der Waals surface area contributed by atoms with Crippen molar-refractivity contribution in [2.24, 2.45) is 0 Å². The van der Waals surface area contributed by atoms with E-state index in [1.54, 1.807) is 22.8 Å². The fraction of sp³-hybridized carbons (Fsp3) is 0.458. The van der Waals surface area contributed by atoms with Gasteiger partial charge in [0.05, 0.1) is 24.9 Å². The lowest BCUT2D eigenvalue weighted by Crippen LogP contribution is -2.35. The first-order valence-electron chi connectivity index (χ1n) is 12.0. The molecule has 196 valence electrons. The number of ether oxygens (including phenoxy) is 1. The summed E-state index contributed by atoms with van der Waals surface area (Å²) in [6.07, 6.45) is -2.60.